The highest BCUT2D eigenvalue weighted by molar-refractivity contribution is 7.17. The van der Waals surface area contributed by atoms with Crippen LogP contribution in [0.2, 0.25) is 0 Å². The summed E-state index contributed by atoms with van der Waals surface area (Å²) < 4.78 is 5.35. The lowest BCUT2D eigenvalue weighted by Gasteiger charge is -2.29. The summed E-state index contributed by atoms with van der Waals surface area (Å²) in [6, 6.07) is 3.55. The van der Waals surface area contributed by atoms with Crippen molar-refractivity contribution >= 4 is 34.0 Å². The van der Waals surface area contributed by atoms with Gasteiger partial charge in [0.25, 0.3) is 5.91 Å². The van der Waals surface area contributed by atoms with Gasteiger partial charge in [0.15, 0.2) is 0 Å². The Morgan fingerprint density at radius 1 is 1.28 bits per heavy atom. The Balaban J connectivity index is 1.54. The van der Waals surface area contributed by atoms with Gasteiger partial charge in [0, 0.05) is 24.2 Å². The van der Waals surface area contributed by atoms with E-state index < -0.39 is 5.97 Å². The summed E-state index contributed by atoms with van der Waals surface area (Å²) in [5.74, 6) is -0.521. The molecule has 8 heteroatoms. The Morgan fingerprint density at radius 3 is 2.69 bits per heavy atom. The van der Waals surface area contributed by atoms with Crippen LogP contribution < -0.4 is 10.2 Å². The fraction of sp³-hybridized carbons (Fsp3) is 0.476. The standard InChI is InChI=1S/C21H25N3O4S/c1-21(2)6-5-15-14(11-21)17(20(26)27)19(29-15)23-18(25)13-3-4-16(22-12-13)24-7-9-28-10-8-24/h3-4,12H,5-11H2,1-2H3,(H,23,25)(H,26,27). The highest BCUT2D eigenvalue weighted by atomic mass is 32.1. The number of aromatic carboxylic acids is 1. The van der Waals surface area contributed by atoms with E-state index in [1.165, 1.54) is 17.5 Å². The first-order valence-electron chi connectivity index (χ1n) is 9.82. The predicted octanol–water partition coefficient (Wildman–Crippen LogP) is 3.45. The number of fused-ring (bicyclic) bond motifs is 1. The summed E-state index contributed by atoms with van der Waals surface area (Å²) in [4.78, 5) is 32.3. The number of aromatic nitrogens is 1. The van der Waals surface area contributed by atoms with Gasteiger partial charge in [0.1, 0.15) is 10.8 Å². The maximum Gasteiger partial charge on any atom is 0.339 e. The molecule has 154 valence electrons. The minimum atomic E-state index is -0.990. The number of nitrogens with one attached hydrogen (secondary N) is 1. The van der Waals surface area contributed by atoms with Crippen molar-refractivity contribution in [2.24, 2.45) is 5.41 Å². The molecule has 1 aliphatic carbocycles. The number of thiophene rings is 1. The van der Waals surface area contributed by atoms with E-state index >= 15 is 0 Å². The highest BCUT2D eigenvalue weighted by Crippen LogP contribution is 2.43. The van der Waals surface area contributed by atoms with Crippen LogP contribution in [0.5, 0.6) is 0 Å². The number of rotatable bonds is 4. The van der Waals surface area contributed by atoms with Gasteiger partial charge in [-0.05, 0) is 42.4 Å². The molecule has 7 nitrogen and oxygen atoms in total. The Bertz CT molecular complexity index is 930. The number of aryl methyl sites for hydroxylation is 1. The molecule has 1 aliphatic heterocycles. The van der Waals surface area contributed by atoms with Crippen LogP contribution in [0, 0.1) is 5.41 Å². The van der Waals surface area contributed by atoms with Crippen LogP contribution in [0.1, 0.15) is 51.4 Å². The first-order chi connectivity index (χ1) is 13.8. The van der Waals surface area contributed by atoms with Gasteiger partial charge in [-0.25, -0.2) is 9.78 Å². The summed E-state index contributed by atoms with van der Waals surface area (Å²) in [6.07, 6.45) is 4.11. The number of carbonyl (C=O) groups excluding carboxylic acids is 1. The summed E-state index contributed by atoms with van der Waals surface area (Å²) in [5.41, 5.74) is 1.59. The number of carbonyl (C=O) groups is 2. The summed E-state index contributed by atoms with van der Waals surface area (Å²) >= 11 is 1.38. The van der Waals surface area contributed by atoms with Crippen molar-refractivity contribution in [3.05, 3.63) is 39.9 Å². The van der Waals surface area contributed by atoms with Crippen LogP contribution >= 0.6 is 11.3 Å². The van der Waals surface area contributed by atoms with E-state index in [1.807, 2.05) is 6.07 Å². The Labute approximate surface area is 173 Å². The lowest BCUT2D eigenvalue weighted by Crippen LogP contribution is -2.36. The molecule has 0 unspecified atom stereocenters. The SMILES string of the molecule is CC1(C)CCc2sc(NC(=O)c3ccc(N4CCOCC4)nc3)c(C(=O)O)c2C1. The zero-order chi connectivity index (χ0) is 20.6. The molecule has 2 aromatic rings. The summed E-state index contributed by atoms with van der Waals surface area (Å²) in [5, 5.41) is 13.0. The van der Waals surface area contributed by atoms with Crippen LogP contribution in [0.25, 0.3) is 0 Å². The Hall–Kier alpha value is -2.45. The monoisotopic (exact) mass is 415 g/mol. The number of carboxylic acid groups (broad SMARTS) is 1. The molecule has 3 heterocycles. The van der Waals surface area contributed by atoms with E-state index in [0.29, 0.717) is 30.2 Å². The molecule has 1 amide bonds. The third-order valence-electron chi connectivity index (χ3n) is 5.56. The molecule has 1 saturated heterocycles. The molecule has 1 fully saturated rings. The van der Waals surface area contributed by atoms with Crippen LogP contribution in [-0.4, -0.2) is 48.3 Å². The molecule has 0 atom stereocenters. The second kappa shape index (κ2) is 7.76. The minimum absolute atomic E-state index is 0.0682. The fourth-order valence-electron chi connectivity index (χ4n) is 3.91. The smallest absolute Gasteiger partial charge is 0.339 e. The van der Waals surface area contributed by atoms with Crippen molar-refractivity contribution < 1.29 is 19.4 Å². The van der Waals surface area contributed by atoms with Gasteiger partial charge in [0.2, 0.25) is 0 Å². The van der Waals surface area contributed by atoms with Crippen LogP contribution in [-0.2, 0) is 17.6 Å². The average Bonchev–Trinajstić information content (AvgIpc) is 3.04. The van der Waals surface area contributed by atoms with E-state index in [1.54, 1.807) is 6.07 Å². The largest absolute Gasteiger partial charge is 0.478 e. The zero-order valence-corrected chi connectivity index (χ0v) is 17.5. The van der Waals surface area contributed by atoms with Crippen molar-refractivity contribution in [2.45, 2.75) is 33.1 Å². The number of carboxylic acids is 1. The lowest BCUT2D eigenvalue weighted by molar-refractivity contribution is 0.0696. The molecule has 2 N–H and O–H groups in total. The van der Waals surface area contributed by atoms with E-state index in [4.69, 9.17) is 4.74 Å². The molecular weight excluding hydrogens is 390 g/mol. The molecule has 2 aliphatic rings. The van der Waals surface area contributed by atoms with Crippen molar-refractivity contribution in [3.8, 4) is 0 Å². The zero-order valence-electron chi connectivity index (χ0n) is 16.7. The quantitative estimate of drug-likeness (QED) is 0.795. The molecule has 29 heavy (non-hydrogen) atoms. The number of pyridine rings is 1. The average molecular weight is 416 g/mol. The number of morpholine rings is 1. The lowest BCUT2D eigenvalue weighted by atomic mass is 9.76. The number of anilines is 2. The van der Waals surface area contributed by atoms with Crippen molar-refractivity contribution in [1.82, 2.24) is 4.98 Å². The van der Waals surface area contributed by atoms with Gasteiger partial charge in [-0.2, -0.15) is 0 Å². The first kappa shape index (κ1) is 19.8. The van der Waals surface area contributed by atoms with Crippen molar-refractivity contribution in [1.29, 1.82) is 0 Å². The molecule has 4 rings (SSSR count). The van der Waals surface area contributed by atoms with Crippen LogP contribution in [0.15, 0.2) is 18.3 Å². The van der Waals surface area contributed by atoms with Gasteiger partial charge in [0.05, 0.1) is 24.3 Å². The number of hydrogen-bond donors (Lipinski definition) is 2. The van der Waals surface area contributed by atoms with Gasteiger partial charge in [-0.3, -0.25) is 4.79 Å². The van der Waals surface area contributed by atoms with Gasteiger partial charge in [-0.1, -0.05) is 13.8 Å². The van der Waals surface area contributed by atoms with Crippen molar-refractivity contribution in [3.63, 3.8) is 0 Å². The van der Waals surface area contributed by atoms with Gasteiger partial charge in [-0.15, -0.1) is 11.3 Å². The van der Waals surface area contributed by atoms with Crippen LogP contribution in [0.4, 0.5) is 10.8 Å². The summed E-state index contributed by atoms with van der Waals surface area (Å²) in [6.45, 7) is 7.19. The Morgan fingerprint density at radius 2 is 2.03 bits per heavy atom. The number of nitrogens with zero attached hydrogens (tertiary/aromatic N) is 2. The molecule has 0 bridgehead atoms. The molecule has 2 aromatic heterocycles. The maximum absolute atomic E-state index is 12.7. The van der Waals surface area contributed by atoms with E-state index in [0.717, 1.165) is 42.2 Å². The van der Waals surface area contributed by atoms with E-state index in [-0.39, 0.29) is 16.9 Å². The highest BCUT2D eigenvalue weighted by Gasteiger charge is 2.33. The molecule has 0 radical (unpaired) electrons. The minimum Gasteiger partial charge on any atom is -0.478 e. The van der Waals surface area contributed by atoms with Gasteiger partial charge >= 0.3 is 5.97 Å². The molecular formula is C21H25N3O4S. The first-order valence-corrected chi connectivity index (χ1v) is 10.6. The molecule has 0 saturated carbocycles. The van der Waals surface area contributed by atoms with Crippen LogP contribution in [0.3, 0.4) is 0 Å². The third kappa shape index (κ3) is 4.13. The predicted molar refractivity (Wildman–Crippen MR) is 112 cm³/mol. The second-order valence-electron chi connectivity index (χ2n) is 8.31. The van der Waals surface area contributed by atoms with Crippen molar-refractivity contribution in [2.75, 3.05) is 36.5 Å². The molecule has 0 spiro atoms. The number of hydrogen-bond acceptors (Lipinski definition) is 6. The van der Waals surface area contributed by atoms with E-state index in [9.17, 15) is 14.7 Å². The van der Waals surface area contributed by atoms with E-state index in [2.05, 4.69) is 29.0 Å². The Kier molecular flexibility index (Phi) is 5.31. The summed E-state index contributed by atoms with van der Waals surface area (Å²) in [7, 11) is 0. The molecule has 0 aromatic carbocycles. The third-order valence-corrected chi connectivity index (χ3v) is 6.77. The normalized spacial score (nSPS) is 18.2. The number of ether oxygens (including phenoxy) is 1. The number of amides is 1. The topological polar surface area (TPSA) is 91.8 Å². The van der Waals surface area contributed by atoms with Gasteiger partial charge < -0.3 is 20.1 Å². The second-order valence-corrected chi connectivity index (χ2v) is 9.42. The maximum atomic E-state index is 12.7. The fourth-order valence-corrected chi connectivity index (χ4v) is 5.11.